The highest BCUT2D eigenvalue weighted by Gasteiger charge is 2.13. The average Bonchev–Trinajstić information content (AvgIpc) is 2.39. The van der Waals surface area contributed by atoms with Crippen molar-refractivity contribution in [2.45, 2.75) is 19.9 Å². The Bertz CT molecular complexity index is 554. The Morgan fingerprint density at radius 1 is 1.33 bits per heavy atom. The molecule has 18 heavy (non-hydrogen) atoms. The molecule has 0 bridgehead atoms. The van der Waals surface area contributed by atoms with Crippen molar-refractivity contribution in [1.82, 2.24) is 4.98 Å². The fourth-order valence-electron chi connectivity index (χ4n) is 1.69. The minimum absolute atomic E-state index is 0.271. The van der Waals surface area contributed by atoms with Gasteiger partial charge in [-0.1, -0.05) is 18.2 Å². The third kappa shape index (κ3) is 2.77. The van der Waals surface area contributed by atoms with E-state index >= 15 is 0 Å². The molecule has 4 heteroatoms. The van der Waals surface area contributed by atoms with E-state index in [1.54, 1.807) is 13.8 Å². The van der Waals surface area contributed by atoms with E-state index in [-0.39, 0.29) is 5.97 Å². The molecule has 0 fully saturated rings. The second kappa shape index (κ2) is 5.49. The third-order valence-electron chi connectivity index (χ3n) is 2.60. The Kier molecular flexibility index (Phi) is 3.77. The first-order chi connectivity index (χ1) is 8.70. The van der Waals surface area contributed by atoms with Crippen LogP contribution in [0.5, 0.6) is 0 Å². The second-order valence-electron chi connectivity index (χ2n) is 4.01. The predicted molar refractivity (Wildman–Crippen MR) is 71.5 cm³/mol. The Morgan fingerprint density at radius 2 is 2.11 bits per heavy atom. The van der Waals surface area contributed by atoms with Gasteiger partial charge in [-0.05, 0) is 32.0 Å². The fourth-order valence-corrected chi connectivity index (χ4v) is 1.69. The minimum Gasteiger partial charge on any atom is -0.464 e. The maximum absolute atomic E-state index is 11.5. The second-order valence-corrected chi connectivity index (χ2v) is 4.01. The number of pyridine rings is 1. The molecule has 4 nitrogen and oxygen atoms in total. The van der Waals surface area contributed by atoms with Crippen molar-refractivity contribution in [1.29, 1.82) is 0 Å². The van der Waals surface area contributed by atoms with Crippen LogP contribution in [0.4, 0.5) is 5.82 Å². The predicted octanol–water partition coefficient (Wildman–Crippen LogP) is 2.60. The van der Waals surface area contributed by atoms with Crippen molar-refractivity contribution in [2.24, 2.45) is 0 Å². The van der Waals surface area contributed by atoms with Gasteiger partial charge in [0.2, 0.25) is 0 Å². The van der Waals surface area contributed by atoms with E-state index in [4.69, 9.17) is 4.74 Å². The van der Waals surface area contributed by atoms with Crippen LogP contribution in [0.3, 0.4) is 0 Å². The number of hydrogen-bond acceptors (Lipinski definition) is 4. The summed E-state index contributed by atoms with van der Waals surface area (Å²) in [4.78, 5) is 15.9. The van der Waals surface area contributed by atoms with Gasteiger partial charge in [-0.2, -0.15) is 0 Å². The lowest BCUT2D eigenvalue weighted by molar-refractivity contribution is -0.143. The summed E-state index contributed by atoms with van der Waals surface area (Å²) in [5.74, 6) is 0.404. The van der Waals surface area contributed by atoms with Gasteiger partial charge in [0, 0.05) is 5.39 Å². The number of benzene rings is 1. The molecule has 2 aromatic rings. The van der Waals surface area contributed by atoms with Gasteiger partial charge in [-0.3, -0.25) is 0 Å². The van der Waals surface area contributed by atoms with Crippen LogP contribution in [0.25, 0.3) is 10.9 Å². The van der Waals surface area contributed by atoms with Gasteiger partial charge in [-0.15, -0.1) is 0 Å². The first-order valence-corrected chi connectivity index (χ1v) is 5.99. The van der Waals surface area contributed by atoms with E-state index in [9.17, 15) is 4.79 Å². The Morgan fingerprint density at radius 3 is 2.89 bits per heavy atom. The monoisotopic (exact) mass is 244 g/mol. The molecule has 1 heterocycles. The number of carbonyl (C=O) groups is 1. The van der Waals surface area contributed by atoms with E-state index in [0.29, 0.717) is 12.4 Å². The van der Waals surface area contributed by atoms with Crippen LogP contribution >= 0.6 is 0 Å². The van der Waals surface area contributed by atoms with Gasteiger partial charge >= 0.3 is 5.97 Å². The molecule has 0 saturated heterocycles. The number of para-hydroxylation sites is 1. The van der Waals surface area contributed by atoms with Crippen molar-refractivity contribution in [3.05, 3.63) is 36.4 Å². The molecule has 0 amide bonds. The normalized spacial score (nSPS) is 12.1. The number of carbonyl (C=O) groups excluding carboxylic acids is 1. The molecule has 0 saturated carbocycles. The number of esters is 1. The zero-order valence-corrected chi connectivity index (χ0v) is 10.5. The number of rotatable bonds is 4. The van der Waals surface area contributed by atoms with Crippen molar-refractivity contribution >= 4 is 22.7 Å². The summed E-state index contributed by atoms with van der Waals surface area (Å²) in [5.41, 5.74) is 0.901. The number of anilines is 1. The van der Waals surface area contributed by atoms with Gasteiger partial charge in [0.15, 0.2) is 0 Å². The molecule has 2 rings (SSSR count). The lowest BCUT2D eigenvalue weighted by Gasteiger charge is -2.13. The highest BCUT2D eigenvalue weighted by atomic mass is 16.5. The largest absolute Gasteiger partial charge is 0.464 e. The van der Waals surface area contributed by atoms with E-state index in [1.165, 1.54) is 0 Å². The topological polar surface area (TPSA) is 51.2 Å². The molecule has 0 aliphatic rings. The summed E-state index contributed by atoms with van der Waals surface area (Å²) in [6.07, 6.45) is 0. The van der Waals surface area contributed by atoms with Crippen LogP contribution in [0, 0.1) is 0 Å². The molecule has 1 aromatic carbocycles. The number of fused-ring (bicyclic) bond motifs is 1. The first-order valence-electron chi connectivity index (χ1n) is 5.99. The Labute approximate surface area is 106 Å². The summed E-state index contributed by atoms with van der Waals surface area (Å²) in [7, 11) is 0. The van der Waals surface area contributed by atoms with Crippen molar-refractivity contribution in [3.63, 3.8) is 0 Å². The fraction of sp³-hybridized carbons (Fsp3) is 0.286. The lowest BCUT2D eigenvalue weighted by atomic mass is 10.2. The van der Waals surface area contributed by atoms with Crippen molar-refractivity contribution in [2.75, 3.05) is 11.9 Å². The minimum atomic E-state index is -0.404. The average molecular weight is 244 g/mol. The van der Waals surface area contributed by atoms with Crippen molar-refractivity contribution < 1.29 is 9.53 Å². The molecule has 0 aliphatic carbocycles. The summed E-state index contributed by atoms with van der Waals surface area (Å²) in [5, 5.41) is 4.11. The van der Waals surface area contributed by atoms with E-state index < -0.39 is 6.04 Å². The van der Waals surface area contributed by atoms with Crippen LogP contribution in [0.2, 0.25) is 0 Å². The smallest absolute Gasteiger partial charge is 0.328 e. The van der Waals surface area contributed by atoms with Crippen LogP contribution in [-0.2, 0) is 9.53 Å². The van der Waals surface area contributed by atoms with Gasteiger partial charge in [0.1, 0.15) is 11.9 Å². The molecule has 1 atom stereocenters. The van der Waals surface area contributed by atoms with Crippen molar-refractivity contribution in [3.8, 4) is 0 Å². The first kappa shape index (κ1) is 12.4. The molecule has 0 aliphatic heterocycles. The molecular weight excluding hydrogens is 228 g/mol. The van der Waals surface area contributed by atoms with Crippen LogP contribution in [0.1, 0.15) is 13.8 Å². The molecule has 0 unspecified atom stereocenters. The molecule has 0 spiro atoms. The van der Waals surface area contributed by atoms with E-state index in [0.717, 1.165) is 10.9 Å². The molecule has 1 N–H and O–H groups in total. The van der Waals surface area contributed by atoms with Gasteiger partial charge in [0.05, 0.1) is 12.1 Å². The lowest BCUT2D eigenvalue weighted by Crippen LogP contribution is -2.28. The quantitative estimate of drug-likeness (QED) is 0.840. The summed E-state index contributed by atoms with van der Waals surface area (Å²) in [6.45, 7) is 3.93. The number of nitrogens with one attached hydrogen (secondary N) is 1. The zero-order chi connectivity index (χ0) is 13.0. The molecule has 0 radical (unpaired) electrons. The van der Waals surface area contributed by atoms with Crippen LogP contribution in [0.15, 0.2) is 36.4 Å². The highest BCUT2D eigenvalue weighted by molar-refractivity contribution is 5.82. The third-order valence-corrected chi connectivity index (χ3v) is 2.60. The highest BCUT2D eigenvalue weighted by Crippen LogP contribution is 2.15. The molecule has 1 aromatic heterocycles. The zero-order valence-electron chi connectivity index (χ0n) is 10.5. The molecule has 94 valence electrons. The maximum atomic E-state index is 11.5. The van der Waals surface area contributed by atoms with Gasteiger partial charge < -0.3 is 10.1 Å². The summed E-state index contributed by atoms with van der Waals surface area (Å²) < 4.78 is 4.93. The number of aromatic nitrogens is 1. The van der Waals surface area contributed by atoms with E-state index in [2.05, 4.69) is 10.3 Å². The number of nitrogens with zero attached hydrogens (tertiary/aromatic N) is 1. The van der Waals surface area contributed by atoms with Gasteiger partial charge in [-0.25, -0.2) is 9.78 Å². The van der Waals surface area contributed by atoms with E-state index in [1.807, 2.05) is 36.4 Å². The van der Waals surface area contributed by atoms with Crippen LogP contribution < -0.4 is 5.32 Å². The molecular formula is C14H16N2O2. The maximum Gasteiger partial charge on any atom is 0.328 e. The number of ether oxygens (including phenoxy) is 1. The SMILES string of the molecule is CCOC(=O)[C@@H](C)Nc1ccc2ccccc2n1. The van der Waals surface area contributed by atoms with Gasteiger partial charge in [0.25, 0.3) is 0 Å². The number of hydrogen-bond donors (Lipinski definition) is 1. The summed E-state index contributed by atoms with van der Waals surface area (Å²) >= 11 is 0. The Balaban J connectivity index is 2.14. The summed E-state index contributed by atoms with van der Waals surface area (Å²) in [6, 6.07) is 11.3. The van der Waals surface area contributed by atoms with Crippen LogP contribution in [-0.4, -0.2) is 23.6 Å². The Hall–Kier alpha value is -2.10. The standard InChI is InChI=1S/C14H16N2O2/c1-3-18-14(17)10(2)15-13-9-8-11-6-4-5-7-12(11)16-13/h4-10H,3H2,1-2H3,(H,15,16)/t10-/m1/s1.